The second-order valence-corrected chi connectivity index (χ2v) is 6.08. The van der Waals surface area contributed by atoms with Crippen LogP contribution in [-0.4, -0.2) is 37.6 Å². The molecule has 0 aliphatic carbocycles. The summed E-state index contributed by atoms with van der Waals surface area (Å²) in [6.07, 6.45) is 0. The van der Waals surface area contributed by atoms with Crippen molar-refractivity contribution in [2.45, 2.75) is 13.0 Å². The number of rotatable bonds is 1. The number of hydrogen-bond acceptors (Lipinski definition) is 2. The van der Waals surface area contributed by atoms with Gasteiger partial charge in [-0.1, -0.05) is 11.8 Å². The SMILES string of the molecule is CC1CN(c2ccc(C#Cc3ccc(F)cc3)cc2)CCN1C. The lowest BCUT2D eigenvalue weighted by Crippen LogP contribution is -2.50. The van der Waals surface area contributed by atoms with Crippen molar-refractivity contribution in [3.63, 3.8) is 0 Å². The third-order valence-corrected chi connectivity index (χ3v) is 4.39. The Morgan fingerprint density at radius 3 is 2.04 bits per heavy atom. The van der Waals surface area contributed by atoms with E-state index in [-0.39, 0.29) is 5.82 Å². The van der Waals surface area contributed by atoms with Gasteiger partial charge in [-0.05, 0) is 62.5 Å². The fourth-order valence-electron chi connectivity index (χ4n) is 2.72. The van der Waals surface area contributed by atoms with Crippen LogP contribution in [0.1, 0.15) is 18.1 Å². The van der Waals surface area contributed by atoms with Gasteiger partial charge in [0.2, 0.25) is 0 Å². The highest BCUT2D eigenvalue weighted by Crippen LogP contribution is 2.19. The molecular formula is C20H21FN2. The fraction of sp³-hybridized carbons (Fsp3) is 0.300. The van der Waals surface area contributed by atoms with Crippen molar-refractivity contribution in [3.05, 3.63) is 65.5 Å². The molecule has 2 aromatic rings. The summed E-state index contributed by atoms with van der Waals surface area (Å²) >= 11 is 0. The maximum absolute atomic E-state index is 12.9. The second-order valence-electron chi connectivity index (χ2n) is 6.08. The van der Waals surface area contributed by atoms with Gasteiger partial charge in [-0.2, -0.15) is 0 Å². The van der Waals surface area contributed by atoms with E-state index in [4.69, 9.17) is 0 Å². The first-order chi connectivity index (χ1) is 11.1. The van der Waals surface area contributed by atoms with Crippen LogP contribution in [0.3, 0.4) is 0 Å². The minimum absolute atomic E-state index is 0.235. The summed E-state index contributed by atoms with van der Waals surface area (Å²) < 4.78 is 12.9. The molecule has 0 N–H and O–H groups in total. The Kier molecular flexibility index (Phi) is 4.64. The Bertz CT molecular complexity index is 710. The molecule has 1 fully saturated rings. The highest BCUT2D eigenvalue weighted by atomic mass is 19.1. The molecular weight excluding hydrogens is 287 g/mol. The highest BCUT2D eigenvalue weighted by molar-refractivity contribution is 5.52. The lowest BCUT2D eigenvalue weighted by Gasteiger charge is -2.39. The number of benzene rings is 2. The van der Waals surface area contributed by atoms with E-state index in [1.165, 1.54) is 17.8 Å². The number of likely N-dealkylation sites (N-methyl/N-ethyl adjacent to an activating group) is 1. The molecule has 0 spiro atoms. The van der Waals surface area contributed by atoms with Crippen molar-refractivity contribution in [3.8, 4) is 11.8 Å². The van der Waals surface area contributed by atoms with Gasteiger partial charge in [0.25, 0.3) is 0 Å². The summed E-state index contributed by atoms with van der Waals surface area (Å²) in [4.78, 5) is 4.81. The molecule has 1 unspecified atom stereocenters. The quantitative estimate of drug-likeness (QED) is 0.745. The molecule has 2 nitrogen and oxygen atoms in total. The van der Waals surface area contributed by atoms with Crippen LogP contribution in [-0.2, 0) is 0 Å². The predicted octanol–water partition coefficient (Wildman–Crippen LogP) is 3.37. The summed E-state index contributed by atoms with van der Waals surface area (Å²) in [7, 11) is 2.18. The van der Waals surface area contributed by atoms with E-state index in [0.29, 0.717) is 6.04 Å². The van der Waals surface area contributed by atoms with Gasteiger partial charge in [-0.15, -0.1) is 0 Å². The molecule has 0 amide bonds. The average Bonchev–Trinajstić information content (AvgIpc) is 2.57. The Hall–Kier alpha value is -2.31. The van der Waals surface area contributed by atoms with Crippen molar-refractivity contribution in [2.75, 3.05) is 31.6 Å². The van der Waals surface area contributed by atoms with Gasteiger partial charge in [0.05, 0.1) is 0 Å². The molecule has 0 aromatic heterocycles. The predicted molar refractivity (Wildman–Crippen MR) is 93.1 cm³/mol. The molecule has 0 saturated carbocycles. The fourth-order valence-corrected chi connectivity index (χ4v) is 2.72. The van der Waals surface area contributed by atoms with E-state index in [1.807, 2.05) is 0 Å². The van der Waals surface area contributed by atoms with Gasteiger partial charge in [0, 0.05) is 42.5 Å². The Balaban J connectivity index is 1.69. The maximum atomic E-state index is 12.9. The van der Waals surface area contributed by atoms with Crippen LogP contribution in [0.25, 0.3) is 0 Å². The van der Waals surface area contributed by atoms with Crippen molar-refractivity contribution in [1.82, 2.24) is 4.90 Å². The maximum Gasteiger partial charge on any atom is 0.123 e. The average molecular weight is 308 g/mol. The van der Waals surface area contributed by atoms with Crippen molar-refractivity contribution in [2.24, 2.45) is 0 Å². The van der Waals surface area contributed by atoms with Crippen LogP contribution in [0.15, 0.2) is 48.5 Å². The Morgan fingerprint density at radius 1 is 0.913 bits per heavy atom. The molecule has 3 rings (SSSR count). The molecule has 1 aliphatic heterocycles. The summed E-state index contributed by atoms with van der Waals surface area (Å²) in [5.41, 5.74) is 3.04. The topological polar surface area (TPSA) is 6.48 Å². The van der Waals surface area contributed by atoms with E-state index >= 15 is 0 Å². The second kappa shape index (κ2) is 6.85. The van der Waals surface area contributed by atoms with Crippen LogP contribution in [0.5, 0.6) is 0 Å². The lowest BCUT2D eigenvalue weighted by molar-refractivity contribution is 0.234. The van der Waals surface area contributed by atoms with Gasteiger partial charge >= 0.3 is 0 Å². The molecule has 2 aromatic carbocycles. The van der Waals surface area contributed by atoms with Crippen molar-refractivity contribution in [1.29, 1.82) is 0 Å². The standard InChI is InChI=1S/C20H21FN2/c1-16-15-23(14-13-22(16)2)20-11-7-18(8-12-20)4-3-17-5-9-19(21)10-6-17/h5-12,16H,13-15H2,1-2H3. The number of halogens is 1. The van der Waals surface area contributed by atoms with Crippen molar-refractivity contribution >= 4 is 5.69 Å². The molecule has 118 valence electrons. The number of hydrogen-bond donors (Lipinski definition) is 0. The first-order valence-electron chi connectivity index (χ1n) is 7.95. The zero-order chi connectivity index (χ0) is 16.2. The van der Waals surface area contributed by atoms with Crippen LogP contribution in [0, 0.1) is 17.7 Å². The van der Waals surface area contributed by atoms with Crippen LogP contribution in [0.2, 0.25) is 0 Å². The van der Waals surface area contributed by atoms with Gasteiger partial charge in [0.15, 0.2) is 0 Å². The Morgan fingerprint density at radius 2 is 1.48 bits per heavy atom. The van der Waals surface area contributed by atoms with Crippen molar-refractivity contribution < 1.29 is 4.39 Å². The molecule has 1 heterocycles. The summed E-state index contributed by atoms with van der Waals surface area (Å²) in [5.74, 6) is 5.96. The zero-order valence-electron chi connectivity index (χ0n) is 13.6. The lowest BCUT2D eigenvalue weighted by atomic mass is 10.1. The molecule has 1 atom stereocenters. The van der Waals surface area contributed by atoms with Gasteiger partial charge in [-0.3, -0.25) is 0 Å². The number of anilines is 1. The summed E-state index contributed by atoms with van der Waals surface area (Å²) in [5, 5.41) is 0. The normalized spacial score (nSPS) is 18.4. The Labute approximate surface area is 137 Å². The molecule has 0 bridgehead atoms. The van der Waals surface area contributed by atoms with Crippen LogP contribution >= 0.6 is 0 Å². The minimum Gasteiger partial charge on any atom is -0.369 e. The molecule has 23 heavy (non-hydrogen) atoms. The first kappa shape index (κ1) is 15.6. The number of piperazine rings is 1. The highest BCUT2D eigenvalue weighted by Gasteiger charge is 2.20. The van der Waals surface area contributed by atoms with Crippen LogP contribution in [0.4, 0.5) is 10.1 Å². The first-order valence-corrected chi connectivity index (χ1v) is 7.95. The smallest absolute Gasteiger partial charge is 0.123 e. The van der Waals surface area contributed by atoms with Gasteiger partial charge < -0.3 is 9.80 Å². The van der Waals surface area contributed by atoms with E-state index in [0.717, 1.165) is 30.8 Å². The zero-order valence-corrected chi connectivity index (χ0v) is 13.6. The summed E-state index contributed by atoms with van der Waals surface area (Å²) in [6, 6.07) is 15.2. The summed E-state index contributed by atoms with van der Waals surface area (Å²) in [6.45, 7) is 5.46. The van der Waals surface area contributed by atoms with E-state index in [9.17, 15) is 4.39 Å². The van der Waals surface area contributed by atoms with E-state index < -0.39 is 0 Å². The molecule has 0 radical (unpaired) electrons. The largest absolute Gasteiger partial charge is 0.369 e. The van der Waals surface area contributed by atoms with Gasteiger partial charge in [-0.25, -0.2) is 4.39 Å². The molecule has 1 saturated heterocycles. The van der Waals surface area contributed by atoms with Gasteiger partial charge in [0.1, 0.15) is 5.82 Å². The minimum atomic E-state index is -0.235. The number of nitrogens with zero attached hydrogens (tertiary/aromatic N) is 2. The van der Waals surface area contributed by atoms with E-state index in [2.05, 4.69) is 59.9 Å². The monoisotopic (exact) mass is 308 g/mol. The molecule has 1 aliphatic rings. The van der Waals surface area contributed by atoms with E-state index in [1.54, 1.807) is 12.1 Å². The third-order valence-electron chi connectivity index (χ3n) is 4.39. The third kappa shape index (κ3) is 3.91. The molecule has 3 heteroatoms. The van der Waals surface area contributed by atoms with Crippen LogP contribution < -0.4 is 4.90 Å².